The molecule has 0 atom stereocenters. The number of nitrogen functional groups attached to an aromatic ring is 1. The molecule has 0 aliphatic carbocycles. The molecule has 0 radical (unpaired) electrons. The minimum Gasteiger partial charge on any atom is -0.398 e. The highest BCUT2D eigenvalue weighted by Crippen LogP contribution is 2.27. The van der Waals surface area contributed by atoms with Gasteiger partial charge in [0.05, 0.1) is 0 Å². The maximum atomic E-state index is 12.3. The summed E-state index contributed by atoms with van der Waals surface area (Å²) in [6.07, 6.45) is 1.22. The van der Waals surface area contributed by atoms with Crippen molar-refractivity contribution in [3.05, 3.63) is 45.5 Å². The van der Waals surface area contributed by atoms with Crippen LogP contribution in [0.25, 0.3) is 0 Å². The molecular formula is C13H12Cl2N4O. The van der Waals surface area contributed by atoms with Gasteiger partial charge in [-0.15, -0.1) is 0 Å². The molecule has 1 aromatic heterocycles. The average Bonchev–Trinajstić information content (AvgIpc) is 2.38. The largest absolute Gasteiger partial charge is 0.398 e. The fourth-order valence-electron chi connectivity index (χ4n) is 1.74. The number of carbonyl (C=O) groups excluding carboxylic acids is 1. The molecule has 7 heteroatoms. The molecule has 1 aromatic carbocycles. The maximum Gasteiger partial charge on any atom is 0.256 e. The summed E-state index contributed by atoms with van der Waals surface area (Å²) in [5.41, 5.74) is 8.71. The number of nitrogens with two attached hydrogens (primary N) is 1. The molecule has 0 aliphatic rings. The molecule has 2 rings (SSSR count). The van der Waals surface area contributed by atoms with Gasteiger partial charge < -0.3 is 11.1 Å². The number of benzene rings is 1. The smallest absolute Gasteiger partial charge is 0.256 e. The number of hydrogen-bond donors (Lipinski definition) is 2. The molecule has 2 aromatic rings. The Labute approximate surface area is 126 Å². The third-order valence-electron chi connectivity index (χ3n) is 2.85. The summed E-state index contributed by atoms with van der Waals surface area (Å²) in [6, 6.07) is 3.46. The van der Waals surface area contributed by atoms with Gasteiger partial charge >= 0.3 is 0 Å². The van der Waals surface area contributed by atoms with Crippen molar-refractivity contribution in [1.29, 1.82) is 0 Å². The summed E-state index contributed by atoms with van der Waals surface area (Å²) in [4.78, 5) is 19.8. The molecule has 5 nitrogen and oxygen atoms in total. The molecule has 0 unspecified atom stereocenters. The number of carbonyl (C=O) groups is 1. The van der Waals surface area contributed by atoms with Crippen LogP contribution in [0.15, 0.2) is 18.5 Å². The average molecular weight is 311 g/mol. The van der Waals surface area contributed by atoms with Gasteiger partial charge in [-0.2, -0.15) is 0 Å². The van der Waals surface area contributed by atoms with Gasteiger partial charge in [0.2, 0.25) is 0 Å². The first kappa shape index (κ1) is 14.6. The number of aryl methyl sites for hydroxylation is 2. The third kappa shape index (κ3) is 2.84. The van der Waals surface area contributed by atoms with Crippen LogP contribution >= 0.6 is 23.2 Å². The number of hydrogen-bond acceptors (Lipinski definition) is 4. The van der Waals surface area contributed by atoms with Crippen molar-refractivity contribution in [3.8, 4) is 0 Å². The number of anilines is 2. The lowest BCUT2D eigenvalue weighted by atomic mass is 10.0. The summed E-state index contributed by atoms with van der Waals surface area (Å²) in [7, 11) is 0. The van der Waals surface area contributed by atoms with E-state index < -0.39 is 0 Å². The quantitative estimate of drug-likeness (QED) is 0.659. The number of aromatic nitrogens is 2. The molecule has 0 spiro atoms. The van der Waals surface area contributed by atoms with Crippen LogP contribution in [-0.2, 0) is 0 Å². The first-order valence-corrected chi connectivity index (χ1v) is 6.50. The standard InChI is InChI=1S/C13H12Cl2N4O/c1-6-3-7(2)9(16)4-8(6)13(20)19-10-11(14)17-5-18-12(10)15/h3-5H,16H2,1-2H3,(H,19,20). The lowest BCUT2D eigenvalue weighted by Gasteiger charge is -2.11. The fourth-order valence-corrected chi connectivity index (χ4v) is 2.15. The Morgan fingerprint density at radius 3 is 2.35 bits per heavy atom. The molecule has 1 heterocycles. The molecule has 0 bridgehead atoms. The zero-order chi connectivity index (χ0) is 14.9. The van der Waals surface area contributed by atoms with E-state index in [1.54, 1.807) is 6.07 Å². The summed E-state index contributed by atoms with van der Waals surface area (Å²) in [5.74, 6) is -0.368. The lowest BCUT2D eigenvalue weighted by molar-refractivity contribution is 0.102. The van der Waals surface area contributed by atoms with Crippen LogP contribution in [0.2, 0.25) is 10.3 Å². The zero-order valence-electron chi connectivity index (χ0n) is 10.9. The Hall–Kier alpha value is -1.85. The van der Waals surface area contributed by atoms with E-state index >= 15 is 0 Å². The highest BCUT2D eigenvalue weighted by molar-refractivity contribution is 6.38. The minimum absolute atomic E-state index is 0.0797. The van der Waals surface area contributed by atoms with Crippen molar-refractivity contribution < 1.29 is 4.79 Å². The van der Waals surface area contributed by atoms with Gasteiger partial charge in [0.15, 0.2) is 10.3 Å². The van der Waals surface area contributed by atoms with E-state index in [2.05, 4.69) is 15.3 Å². The lowest BCUT2D eigenvalue weighted by Crippen LogP contribution is -2.15. The first-order chi connectivity index (χ1) is 9.40. The number of rotatable bonds is 2. The zero-order valence-corrected chi connectivity index (χ0v) is 12.4. The highest BCUT2D eigenvalue weighted by atomic mass is 35.5. The van der Waals surface area contributed by atoms with E-state index in [0.29, 0.717) is 11.3 Å². The van der Waals surface area contributed by atoms with Gasteiger partial charge in [-0.1, -0.05) is 29.3 Å². The Morgan fingerprint density at radius 1 is 1.15 bits per heavy atom. The molecule has 104 valence electrons. The van der Waals surface area contributed by atoms with Gasteiger partial charge in [-0.3, -0.25) is 4.79 Å². The molecule has 20 heavy (non-hydrogen) atoms. The van der Waals surface area contributed by atoms with Crippen LogP contribution < -0.4 is 11.1 Å². The monoisotopic (exact) mass is 310 g/mol. The van der Waals surface area contributed by atoms with Crippen LogP contribution in [-0.4, -0.2) is 15.9 Å². The Bertz CT molecular complexity index is 668. The van der Waals surface area contributed by atoms with E-state index in [-0.39, 0.29) is 21.9 Å². The van der Waals surface area contributed by atoms with Crippen molar-refractivity contribution >= 4 is 40.5 Å². The highest BCUT2D eigenvalue weighted by Gasteiger charge is 2.15. The third-order valence-corrected chi connectivity index (χ3v) is 3.42. The molecule has 0 saturated carbocycles. The molecule has 0 aliphatic heterocycles. The SMILES string of the molecule is Cc1cc(C)c(C(=O)Nc2c(Cl)ncnc2Cl)cc1N. The van der Waals surface area contributed by atoms with Crippen LogP contribution in [0, 0.1) is 13.8 Å². The predicted octanol–water partition coefficient (Wildman–Crippen LogP) is 3.23. The predicted molar refractivity (Wildman–Crippen MR) is 80.3 cm³/mol. The summed E-state index contributed by atoms with van der Waals surface area (Å²) in [6.45, 7) is 3.70. The molecule has 0 fully saturated rings. The maximum absolute atomic E-state index is 12.3. The normalized spacial score (nSPS) is 10.4. The second kappa shape index (κ2) is 5.64. The van der Waals surface area contributed by atoms with Crippen molar-refractivity contribution in [2.45, 2.75) is 13.8 Å². The van der Waals surface area contributed by atoms with E-state index in [1.807, 2.05) is 19.9 Å². The van der Waals surface area contributed by atoms with E-state index in [1.165, 1.54) is 6.33 Å². The van der Waals surface area contributed by atoms with Crippen LogP contribution in [0.1, 0.15) is 21.5 Å². The molecule has 0 saturated heterocycles. The van der Waals surface area contributed by atoms with Crippen molar-refractivity contribution in [3.63, 3.8) is 0 Å². The Kier molecular flexibility index (Phi) is 4.11. The van der Waals surface area contributed by atoms with Gasteiger partial charge in [-0.25, -0.2) is 9.97 Å². The van der Waals surface area contributed by atoms with Crippen LogP contribution in [0.5, 0.6) is 0 Å². The number of halogens is 2. The summed E-state index contributed by atoms with van der Waals surface area (Å²) >= 11 is 11.8. The summed E-state index contributed by atoms with van der Waals surface area (Å²) in [5, 5.41) is 2.76. The van der Waals surface area contributed by atoms with Crippen LogP contribution in [0.4, 0.5) is 11.4 Å². The molecular weight excluding hydrogens is 299 g/mol. The Morgan fingerprint density at radius 2 is 1.75 bits per heavy atom. The fraction of sp³-hybridized carbons (Fsp3) is 0.154. The van der Waals surface area contributed by atoms with Crippen molar-refractivity contribution in [1.82, 2.24) is 9.97 Å². The minimum atomic E-state index is -0.368. The second-order valence-electron chi connectivity index (χ2n) is 4.31. The summed E-state index contributed by atoms with van der Waals surface area (Å²) < 4.78 is 0. The van der Waals surface area contributed by atoms with Crippen molar-refractivity contribution in [2.75, 3.05) is 11.1 Å². The molecule has 3 N–H and O–H groups in total. The van der Waals surface area contributed by atoms with E-state index in [0.717, 1.165) is 11.1 Å². The first-order valence-electron chi connectivity index (χ1n) is 5.74. The van der Waals surface area contributed by atoms with Crippen molar-refractivity contribution in [2.24, 2.45) is 0 Å². The number of nitrogens with zero attached hydrogens (tertiary/aromatic N) is 2. The topological polar surface area (TPSA) is 80.9 Å². The van der Waals surface area contributed by atoms with Gasteiger partial charge in [0.1, 0.15) is 12.0 Å². The van der Waals surface area contributed by atoms with Gasteiger partial charge in [0.25, 0.3) is 5.91 Å². The second-order valence-corrected chi connectivity index (χ2v) is 5.02. The number of nitrogens with one attached hydrogen (secondary N) is 1. The van der Waals surface area contributed by atoms with Crippen LogP contribution in [0.3, 0.4) is 0 Å². The Balaban J connectivity index is 2.36. The van der Waals surface area contributed by atoms with Gasteiger partial charge in [0, 0.05) is 11.3 Å². The van der Waals surface area contributed by atoms with E-state index in [9.17, 15) is 4.79 Å². The van der Waals surface area contributed by atoms with Gasteiger partial charge in [-0.05, 0) is 31.0 Å². The van der Waals surface area contributed by atoms with E-state index in [4.69, 9.17) is 28.9 Å². The number of amides is 1. The molecule has 1 amide bonds.